The summed E-state index contributed by atoms with van der Waals surface area (Å²) in [4.78, 5) is 8.57. The minimum absolute atomic E-state index is 0.0150. The van der Waals surface area contributed by atoms with E-state index in [0.29, 0.717) is 0 Å². The van der Waals surface area contributed by atoms with Gasteiger partial charge in [-0.05, 0) is 159 Å². The molecule has 0 amide bonds. The topological polar surface area (TPSA) is 9.72 Å². The molecule has 7 aromatic rings. The molecule has 0 N–H and O–H groups in total. The Morgan fingerprint density at radius 1 is 0.425 bits per heavy atom. The van der Waals surface area contributed by atoms with Crippen LogP contribution < -0.4 is 31.1 Å². The van der Waals surface area contributed by atoms with Crippen LogP contribution in [0, 0.1) is 0 Å². The van der Waals surface area contributed by atoms with Crippen LogP contribution in [0.3, 0.4) is 0 Å². The molecule has 6 aliphatic rings. The fourth-order valence-corrected chi connectivity index (χ4v) is 15.7. The lowest BCUT2D eigenvalue weighted by molar-refractivity contribution is 0.195. The van der Waals surface area contributed by atoms with Crippen LogP contribution >= 0.6 is 0 Å². The van der Waals surface area contributed by atoms with E-state index in [1.165, 1.54) is 127 Å². The van der Waals surface area contributed by atoms with Crippen molar-refractivity contribution in [3.05, 3.63) is 179 Å². The molecule has 73 heavy (non-hydrogen) atoms. The number of rotatable bonds is 4. The average molecular weight is 958 g/mol. The van der Waals surface area contributed by atoms with Crippen LogP contribution in [0.15, 0.2) is 146 Å². The van der Waals surface area contributed by atoms with E-state index in [-0.39, 0.29) is 44.9 Å². The van der Waals surface area contributed by atoms with Gasteiger partial charge in [0.15, 0.2) is 0 Å². The molecule has 2 aliphatic carbocycles. The molecule has 4 unspecified atom stereocenters. The Kier molecular flexibility index (Phi) is 9.95. The largest absolute Gasteiger partial charge is 0.335 e. The molecule has 0 bridgehead atoms. The summed E-state index contributed by atoms with van der Waals surface area (Å²) in [6.45, 7) is 29.4. The van der Waals surface area contributed by atoms with Gasteiger partial charge in [-0.2, -0.15) is 0 Å². The highest BCUT2D eigenvalue weighted by atomic mass is 15.3. The van der Waals surface area contributed by atoms with Gasteiger partial charge in [-0.25, -0.2) is 0 Å². The summed E-state index contributed by atoms with van der Waals surface area (Å²) in [5, 5.41) is 0. The maximum absolute atomic E-state index is 2.95. The second-order valence-electron chi connectivity index (χ2n) is 27.0. The number of fused-ring (bicyclic) bond motifs is 10. The van der Waals surface area contributed by atoms with Crippen molar-refractivity contribution < 1.29 is 0 Å². The van der Waals surface area contributed by atoms with Gasteiger partial charge in [0, 0.05) is 50.6 Å². The zero-order valence-electron chi connectivity index (χ0n) is 45.9. The number of nitrogens with zero attached hydrogens (tertiary/aromatic N) is 3. The number of hydrogen-bond acceptors (Lipinski definition) is 3. The molecule has 3 nitrogen and oxygen atoms in total. The number of anilines is 7. The maximum Gasteiger partial charge on any atom is 0.252 e. The average Bonchev–Trinajstić information content (AvgIpc) is 3.77. The Hall–Kier alpha value is -6.00. The van der Waals surface area contributed by atoms with Crippen LogP contribution in [0.1, 0.15) is 168 Å². The Balaban J connectivity index is 1.18. The van der Waals surface area contributed by atoms with E-state index in [9.17, 15) is 0 Å². The van der Waals surface area contributed by atoms with E-state index in [1.807, 2.05) is 0 Å². The van der Waals surface area contributed by atoms with Crippen LogP contribution in [-0.2, 0) is 27.1 Å². The van der Waals surface area contributed by atoms with Gasteiger partial charge in [0.1, 0.15) is 0 Å². The molecule has 4 heterocycles. The van der Waals surface area contributed by atoms with E-state index < -0.39 is 0 Å². The van der Waals surface area contributed by atoms with Gasteiger partial charge in [-0.1, -0.05) is 198 Å². The molecule has 0 spiro atoms. The lowest BCUT2D eigenvalue weighted by atomic mass is 9.33. The first-order valence-corrected chi connectivity index (χ1v) is 28.0. The molecule has 2 saturated carbocycles. The summed E-state index contributed by atoms with van der Waals surface area (Å²) in [6, 6.07) is 58.3. The van der Waals surface area contributed by atoms with E-state index in [1.54, 1.807) is 5.56 Å². The third-order valence-corrected chi connectivity index (χ3v) is 19.9. The smallest absolute Gasteiger partial charge is 0.252 e. The van der Waals surface area contributed by atoms with Gasteiger partial charge in [0.25, 0.3) is 6.71 Å². The van der Waals surface area contributed by atoms with Crippen LogP contribution in [0.2, 0.25) is 0 Å². The van der Waals surface area contributed by atoms with E-state index >= 15 is 0 Å². The lowest BCUT2D eigenvalue weighted by Gasteiger charge is -2.54. The molecule has 13 rings (SSSR count). The van der Waals surface area contributed by atoms with Crippen molar-refractivity contribution in [3.8, 4) is 11.1 Å². The summed E-state index contributed by atoms with van der Waals surface area (Å²) in [5.41, 5.74) is 24.3. The normalized spacial score (nSPS) is 24.7. The first-order chi connectivity index (χ1) is 34.7. The minimum atomic E-state index is -0.231. The predicted octanol–water partition coefficient (Wildman–Crippen LogP) is 16.4. The van der Waals surface area contributed by atoms with Crippen molar-refractivity contribution in [1.82, 2.24) is 0 Å². The van der Waals surface area contributed by atoms with E-state index in [4.69, 9.17) is 0 Å². The maximum atomic E-state index is 2.95. The summed E-state index contributed by atoms with van der Waals surface area (Å²) in [5.74, 6) is 0. The highest BCUT2D eigenvalue weighted by Gasteiger charge is 2.64. The highest BCUT2D eigenvalue weighted by Crippen LogP contribution is 2.66. The van der Waals surface area contributed by atoms with Crippen LogP contribution in [-0.4, -0.2) is 17.8 Å². The monoisotopic (exact) mass is 958 g/mol. The van der Waals surface area contributed by atoms with Gasteiger partial charge in [0.2, 0.25) is 0 Å². The van der Waals surface area contributed by atoms with Gasteiger partial charge in [0.05, 0.1) is 11.1 Å². The summed E-state index contributed by atoms with van der Waals surface area (Å²) >= 11 is 0. The number of benzene rings is 7. The Bertz CT molecular complexity index is 3390. The Morgan fingerprint density at radius 2 is 1.04 bits per heavy atom. The molecule has 2 fully saturated rings. The summed E-state index contributed by atoms with van der Waals surface area (Å²) in [7, 11) is 0. The lowest BCUT2D eigenvalue weighted by Crippen LogP contribution is -2.64. The summed E-state index contributed by atoms with van der Waals surface area (Å²) in [6.07, 6.45) is 9.49. The molecule has 7 aromatic carbocycles. The molecule has 0 saturated heterocycles. The van der Waals surface area contributed by atoms with Crippen LogP contribution in [0.5, 0.6) is 0 Å². The van der Waals surface area contributed by atoms with Crippen LogP contribution in [0.4, 0.5) is 39.8 Å². The molecule has 370 valence electrons. The third-order valence-electron chi connectivity index (χ3n) is 19.9. The molecule has 0 aromatic heterocycles. The van der Waals surface area contributed by atoms with Crippen molar-refractivity contribution in [1.29, 1.82) is 0 Å². The third kappa shape index (κ3) is 6.37. The molecule has 4 atom stereocenters. The van der Waals surface area contributed by atoms with Crippen molar-refractivity contribution in [2.75, 3.05) is 14.7 Å². The van der Waals surface area contributed by atoms with Crippen LogP contribution in [0.25, 0.3) is 11.1 Å². The van der Waals surface area contributed by atoms with Gasteiger partial charge in [-0.15, -0.1) is 0 Å². The van der Waals surface area contributed by atoms with E-state index in [2.05, 4.69) is 243 Å². The minimum Gasteiger partial charge on any atom is -0.335 e. The standard InChI is InChI=1S/C69H76BN3/c1-63(2,3)48-28-23-29-51(40-48)71-58-42-50(65(7,8)9)30-32-55(58)70-56-39-46(45-24-15-13-16-25-45)38-54-62(56)73(67(11)35-20-19-34-66(54,67)10)60-44-52(43-59(71)61(60)70)72-57-33-31-49(64(4,5)6)41-53(57)69(47-26-17-14-18-27-47)37-22-21-36-68(69,72)12/h13-18,23-33,38-44H,19-22,34-37H2,1-12H3. The first-order valence-electron chi connectivity index (χ1n) is 28.0. The van der Waals surface area contributed by atoms with Gasteiger partial charge in [-0.3, -0.25) is 0 Å². The van der Waals surface area contributed by atoms with E-state index in [0.717, 1.165) is 19.3 Å². The summed E-state index contributed by atoms with van der Waals surface area (Å²) < 4.78 is 0. The second-order valence-corrected chi connectivity index (χ2v) is 27.0. The zero-order valence-corrected chi connectivity index (χ0v) is 45.9. The Morgan fingerprint density at radius 3 is 1.75 bits per heavy atom. The first kappa shape index (κ1) is 46.8. The molecule has 0 radical (unpaired) electrons. The molecule has 4 aliphatic heterocycles. The fraction of sp³-hybridized carbons (Fsp3) is 0.391. The number of hydrogen-bond donors (Lipinski definition) is 0. The van der Waals surface area contributed by atoms with Crippen molar-refractivity contribution in [2.24, 2.45) is 0 Å². The highest BCUT2D eigenvalue weighted by molar-refractivity contribution is 7.00. The van der Waals surface area contributed by atoms with Gasteiger partial charge < -0.3 is 14.7 Å². The van der Waals surface area contributed by atoms with Crippen molar-refractivity contribution >= 4 is 62.9 Å². The molecular weight excluding hydrogens is 882 g/mol. The zero-order chi connectivity index (χ0) is 50.8. The fourth-order valence-electron chi connectivity index (χ4n) is 15.7. The SMILES string of the molecule is CC(C)(C)c1cccc(N2c3cc(C(C)(C)C)ccc3B3c4cc(-c5ccccc5)cc5c4N(c4cc(N6c7ccc(C(C)(C)C)cc7C7(c8ccccc8)CCCCC67C)cc2c43)C2(C)CCCCC52C)c1. The second kappa shape index (κ2) is 15.5. The molecule has 4 heteroatoms. The Labute approximate surface area is 438 Å². The molecular formula is C69H76BN3. The van der Waals surface area contributed by atoms with Crippen molar-refractivity contribution in [3.63, 3.8) is 0 Å². The van der Waals surface area contributed by atoms with Gasteiger partial charge >= 0.3 is 0 Å². The van der Waals surface area contributed by atoms with Crippen molar-refractivity contribution in [2.45, 2.75) is 173 Å². The quantitative estimate of drug-likeness (QED) is 0.163. The predicted molar refractivity (Wildman–Crippen MR) is 313 cm³/mol.